The highest BCUT2D eigenvalue weighted by Crippen LogP contribution is 2.29. The van der Waals surface area contributed by atoms with Crippen LogP contribution in [-0.2, 0) is 0 Å². The van der Waals surface area contributed by atoms with E-state index in [1.807, 2.05) is 29.1 Å². The van der Waals surface area contributed by atoms with Crippen LogP contribution in [0.4, 0.5) is 10.6 Å². The molecule has 0 bridgehead atoms. The predicted molar refractivity (Wildman–Crippen MR) is 92.9 cm³/mol. The van der Waals surface area contributed by atoms with Crippen molar-refractivity contribution >= 4 is 11.8 Å². The van der Waals surface area contributed by atoms with Crippen LogP contribution in [0.1, 0.15) is 44.2 Å². The Morgan fingerprint density at radius 2 is 2.00 bits per heavy atom. The van der Waals surface area contributed by atoms with E-state index in [0.717, 1.165) is 31.2 Å². The molecule has 1 heterocycles. The molecular weight excluding hydrogens is 304 g/mol. The van der Waals surface area contributed by atoms with E-state index in [4.69, 9.17) is 0 Å². The molecule has 3 N–H and O–H groups in total. The van der Waals surface area contributed by atoms with Crippen LogP contribution in [0.15, 0.2) is 42.6 Å². The Morgan fingerprint density at radius 3 is 2.67 bits per heavy atom. The topological polar surface area (TPSA) is 79.2 Å². The van der Waals surface area contributed by atoms with Crippen molar-refractivity contribution in [1.29, 1.82) is 0 Å². The van der Waals surface area contributed by atoms with Crippen LogP contribution in [-0.4, -0.2) is 33.1 Å². The van der Waals surface area contributed by atoms with E-state index < -0.39 is 5.54 Å². The lowest BCUT2D eigenvalue weighted by molar-refractivity contribution is 0.167. The van der Waals surface area contributed by atoms with Crippen LogP contribution in [0.3, 0.4) is 0 Å². The highest BCUT2D eigenvalue weighted by molar-refractivity contribution is 5.88. The molecule has 24 heavy (non-hydrogen) atoms. The molecule has 0 radical (unpaired) electrons. The van der Waals surface area contributed by atoms with Gasteiger partial charge in [0.2, 0.25) is 0 Å². The van der Waals surface area contributed by atoms with Gasteiger partial charge >= 0.3 is 6.03 Å². The summed E-state index contributed by atoms with van der Waals surface area (Å²) < 4.78 is 1.82. The Labute approximate surface area is 141 Å². The van der Waals surface area contributed by atoms with Crippen molar-refractivity contribution in [2.24, 2.45) is 0 Å². The minimum atomic E-state index is -0.482. The highest BCUT2D eigenvalue weighted by Gasteiger charge is 2.34. The number of carbonyl (C=O) groups is 1. The molecule has 1 saturated carbocycles. The molecule has 1 aromatic carbocycles. The second-order valence-corrected chi connectivity index (χ2v) is 6.49. The first kappa shape index (κ1) is 16.5. The zero-order valence-corrected chi connectivity index (χ0v) is 13.9. The number of anilines is 1. The monoisotopic (exact) mass is 328 g/mol. The highest BCUT2D eigenvalue weighted by atomic mass is 16.3. The maximum Gasteiger partial charge on any atom is 0.320 e. The van der Waals surface area contributed by atoms with E-state index in [1.165, 1.54) is 0 Å². The first-order chi connectivity index (χ1) is 11.6. The Balaban J connectivity index is 1.62. The summed E-state index contributed by atoms with van der Waals surface area (Å²) in [4.78, 5) is 12.2. The zero-order valence-electron chi connectivity index (χ0n) is 13.9. The maximum atomic E-state index is 12.2. The summed E-state index contributed by atoms with van der Waals surface area (Å²) in [6.07, 6.45) is 5.55. The summed E-state index contributed by atoms with van der Waals surface area (Å²) >= 11 is 0. The third kappa shape index (κ3) is 3.59. The third-order valence-corrected chi connectivity index (χ3v) is 4.77. The largest absolute Gasteiger partial charge is 0.394 e. The number of aromatic nitrogens is 2. The molecule has 1 unspecified atom stereocenters. The number of nitrogens with one attached hydrogen (secondary N) is 2. The first-order valence-electron chi connectivity index (χ1n) is 8.42. The molecule has 1 aliphatic carbocycles. The van der Waals surface area contributed by atoms with Crippen molar-refractivity contribution in [3.05, 3.63) is 48.2 Å². The van der Waals surface area contributed by atoms with Crippen LogP contribution >= 0.6 is 0 Å². The van der Waals surface area contributed by atoms with Gasteiger partial charge in [0.1, 0.15) is 0 Å². The Kier molecular flexibility index (Phi) is 4.85. The minimum Gasteiger partial charge on any atom is -0.394 e. The molecule has 2 aromatic rings. The van der Waals surface area contributed by atoms with Gasteiger partial charge in [-0.2, -0.15) is 5.10 Å². The fourth-order valence-electron chi connectivity index (χ4n) is 3.27. The third-order valence-electron chi connectivity index (χ3n) is 4.77. The number of rotatable bonds is 5. The van der Waals surface area contributed by atoms with E-state index in [9.17, 15) is 9.90 Å². The molecule has 3 rings (SSSR count). The van der Waals surface area contributed by atoms with Crippen LogP contribution < -0.4 is 10.6 Å². The van der Waals surface area contributed by atoms with Crippen molar-refractivity contribution in [3.63, 3.8) is 0 Å². The van der Waals surface area contributed by atoms with Gasteiger partial charge in [-0.3, -0.25) is 10.00 Å². The minimum absolute atomic E-state index is 0.0279. The van der Waals surface area contributed by atoms with Crippen LogP contribution in [0.2, 0.25) is 0 Å². The van der Waals surface area contributed by atoms with Gasteiger partial charge in [0.25, 0.3) is 0 Å². The van der Waals surface area contributed by atoms with Crippen LogP contribution in [0, 0.1) is 0 Å². The fourth-order valence-corrected chi connectivity index (χ4v) is 3.27. The molecule has 0 aliphatic heterocycles. The number of hydrogen-bond donors (Lipinski definition) is 3. The number of amides is 2. The van der Waals surface area contributed by atoms with E-state index in [0.29, 0.717) is 5.82 Å². The Bertz CT molecular complexity index is 677. The molecule has 1 aliphatic rings. The molecule has 0 spiro atoms. The summed E-state index contributed by atoms with van der Waals surface area (Å²) in [5, 5.41) is 19.7. The quantitative estimate of drug-likeness (QED) is 0.789. The van der Waals surface area contributed by atoms with Crippen molar-refractivity contribution in [2.45, 2.75) is 44.2 Å². The standard InChI is InChI=1S/C18H24N4O2/c1-14(15-7-3-2-4-8-15)22-12-9-16(21-22)19-17(24)20-18(13-23)10-5-6-11-18/h2-4,7-9,12,14,23H,5-6,10-11,13H2,1H3,(H2,19,20,21,24). The van der Waals surface area contributed by atoms with Gasteiger partial charge in [0, 0.05) is 12.3 Å². The van der Waals surface area contributed by atoms with Gasteiger partial charge in [-0.1, -0.05) is 43.2 Å². The van der Waals surface area contributed by atoms with Crippen molar-refractivity contribution in [2.75, 3.05) is 11.9 Å². The second-order valence-electron chi connectivity index (χ2n) is 6.49. The van der Waals surface area contributed by atoms with E-state index in [2.05, 4.69) is 34.8 Å². The summed E-state index contributed by atoms with van der Waals surface area (Å²) in [5.41, 5.74) is 0.672. The number of aliphatic hydroxyl groups is 1. The molecule has 6 nitrogen and oxygen atoms in total. The summed E-state index contributed by atoms with van der Waals surface area (Å²) in [6.45, 7) is 2.03. The lowest BCUT2D eigenvalue weighted by atomic mass is 9.99. The average Bonchev–Trinajstić information content (AvgIpc) is 3.25. The number of aliphatic hydroxyl groups excluding tert-OH is 1. The summed E-state index contributed by atoms with van der Waals surface area (Å²) in [5.74, 6) is 0.501. The van der Waals surface area contributed by atoms with Gasteiger partial charge < -0.3 is 10.4 Å². The molecule has 1 atom stereocenters. The second kappa shape index (κ2) is 7.05. The SMILES string of the molecule is CC(c1ccccc1)n1ccc(NC(=O)NC2(CO)CCCC2)n1. The maximum absolute atomic E-state index is 12.2. The lowest BCUT2D eigenvalue weighted by Crippen LogP contribution is -2.50. The molecule has 6 heteroatoms. The van der Waals surface area contributed by atoms with Gasteiger partial charge in [0.15, 0.2) is 5.82 Å². The number of benzene rings is 1. The summed E-state index contributed by atoms with van der Waals surface area (Å²) in [7, 11) is 0. The fraction of sp³-hybridized carbons (Fsp3) is 0.444. The summed E-state index contributed by atoms with van der Waals surface area (Å²) in [6, 6.07) is 11.6. The van der Waals surface area contributed by atoms with Gasteiger partial charge in [-0.25, -0.2) is 4.79 Å². The Hall–Kier alpha value is -2.34. The van der Waals surface area contributed by atoms with Gasteiger partial charge in [-0.05, 0) is 25.3 Å². The number of hydrogen-bond acceptors (Lipinski definition) is 3. The Morgan fingerprint density at radius 1 is 1.29 bits per heavy atom. The molecular formula is C18H24N4O2. The first-order valence-corrected chi connectivity index (χ1v) is 8.42. The van der Waals surface area contributed by atoms with Crippen LogP contribution in [0.5, 0.6) is 0 Å². The normalized spacial score (nSPS) is 17.4. The average molecular weight is 328 g/mol. The number of carbonyl (C=O) groups excluding carboxylic acids is 1. The number of urea groups is 1. The van der Waals surface area contributed by atoms with Crippen LogP contribution in [0.25, 0.3) is 0 Å². The predicted octanol–water partition coefficient (Wildman–Crippen LogP) is 2.92. The van der Waals surface area contributed by atoms with Gasteiger partial charge in [0.05, 0.1) is 18.2 Å². The van der Waals surface area contributed by atoms with Crippen molar-refractivity contribution in [3.8, 4) is 0 Å². The molecule has 2 amide bonds. The smallest absolute Gasteiger partial charge is 0.320 e. The molecule has 1 fully saturated rings. The molecule has 0 saturated heterocycles. The molecule has 128 valence electrons. The lowest BCUT2D eigenvalue weighted by Gasteiger charge is -2.27. The molecule has 1 aromatic heterocycles. The van der Waals surface area contributed by atoms with E-state index in [1.54, 1.807) is 6.07 Å². The number of nitrogens with zero attached hydrogens (tertiary/aromatic N) is 2. The zero-order chi connectivity index (χ0) is 17.0. The van der Waals surface area contributed by atoms with E-state index >= 15 is 0 Å². The van der Waals surface area contributed by atoms with Crippen molar-refractivity contribution in [1.82, 2.24) is 15.1 Å². The van der Waals surface area contributed by atoms with Gasteiger partial charge in [-0.15, -0.1) is 0 Å². The van der Waals surface area contributed by atoms with Crippen molar-refractivity contribution < 1.29 is 9.90 Å². The van der Waals surface area contributed by atoms with E-state index in [-0.39, 0.29) is 18.7 Å².